The molecule has 1 atom stereocenters. The Morgan fingerprint density at radius 1 is 1.35 bits per heavy atom. The van der Waals surface area contributed by atoms with E-state index >= 15 is 0 Å². The van der Waals surface area contributed by atoms with E-state index in [1.165, 1.54) is 0 Å². The lowest BCUT2D eigenvalue weighted by Crippen LogP contribution is -2.32. The van der Waals surface area contributed by atoms with Crippen molar-refractivity contribution in [2.24, 2.45) is 5.92 Å². The molecular formula is C15H19BrF3NO3. The molecule has 1 aromatic rings. The molecule has 0 radical (unpaired) electrons. The van der Waals surface area contributed by atoms with E-state index in [1.54, 1.807) is 6.92 Å². The number of esters is 1. The summed E-state index contributed by atoms with van der Waals surface area (Å²) in [5, 5.41) is 0. The van der Waals surface area contributed by atoms with Crippen LogP contribution in [0.4, 0.5) is 13.2 Å². The number of pyridine rings is 1. The number of halogens is 4. The fourth-order valence-electron chi connectivity index (χ4n) is 2.08. The third kappa shape index (κ3) is 5.37. The Morgan fingerprint density at radius 2 is 1.96 bits per heavy atom. The SMILES string of the molecule is CCOC(=O)C(CCC(C)C)n1cc(Br)c(C(F)(F)F)cc1=O. The number of aromatic nitrogens is 1. The number of ether oxygens (including phenoxy) is 1. The summed E-state index contributed by atoms with van der Waals surface area (Å²) in [5.74, 6) is -0.345. The molecule has 0 N–H and O–H groups in total. The van der Waals surface area contributed by atoms with Gasteiger partial charge in [0.2, 0.25) is 0 Å². The van der Waals surface area contributed by atoms with Gasteiger partial charge in [-0.3, -0.25) is 4.79 Å². The van der Waals surface area contributed by atoms with Gasteiger partial charge in [0.1, 0.15) is 6.04 Å². The van der Waals surface area contributed by atoms with Crippen molar-refractivity contribution >= 4 is 21.9 Å². The molecule has 0 aliphatic rings. The maximum Gasteiger partial charge on any atom is 0.417 e. The van der Waals surface area contributed by atoms with Gasteiger partial charge in [-0.15, -0.1) is 0 Å². The Bertz CT molecular complexity index is 611. The van der Waals surface area contributed by atoms with Gasteiger partial charge in [-0.1, -0.05) is 13.8 Å². The minimum atomic E-state index is -4.64. The summed E-state index contributed by atoms with van der Waals surface area (Å²) in [4.78, 5) is 24.2. The second-order valence-corrected chi connectivity index (χ2v) is 6.37. The van der Waals surface area contributed by atoms with Crippen molar-refractivity contribution in [3.05, 3.63) is 32.7 Å². The number of alkyl halides is 3. The fourth-order valence-corrected chi connectivity index (χ4v) is 2.64. The Kier molecular flexibility index (Phi) is 6.85. The van der Waals surface area contributed by atoms with Gasteiger partial charge in [0.05, 0.1) is 12.2 Å². The number of carbonyl (C=O) groups is 1. The number of hydrogen-bond acceptors (Lipinski definition) is 3. The Labute approximate surface area is 140 Å². The summed E-state index contributed by atoms with van der Waals surface area (Å²) < 4.78 is 44.1. The predicted octanol–water partition coefficient (Wildman–Crippen LogP) is 4.17. The van der Waals surface area contributed by atoms with Crippen molar-refractivity contribution in [2.75, 3.05) is 6.61 Å². The Morgan fingerprint density at radius 3 is 2.43 bits per heavy atom. The van der Waals surface area contributed by atoms with Crippen LogP contribution in [0.3, 0.4) is 0 Å². The average molecular weight is 398 g/mol. The van der Waals surface area contributed by atoms with Crippen LogP contribution in [0.5, 0.6) is 0 Å². The molecule has 1 rings (SSSR count). The van der Waals surface area contributed by atoms with Gasteiger partial charge in [-0.05, 0) is 41.6 Å². The molecule has 0 fully saturated rings. The van der Waals surface area contributed by atoms with E-state index in [4.69, 9.17) is 4.74 Å². The molecular weight excluding hydrogens is 379 g/mol. The van der Waals surface area contributed by atoms with Crippen molar-refractivity contribution in [3.63, 3.8) is 0 Å². The van der Waals surface area contributed by atoms with Gasteiger partial charge in [0.15, 0.2) is 0 Å². The zero-order valence-corrected chi connectivity index (χ0v) is 14.7. The van der Waals surface area contributed by atoms with Crippen LogP contribution in [0, 0.1) is 5.92 Å². The number of rotatable bonds is 6. The van der Waals surface area contributed by atoms with Crippen LogP contribution in [0.2, 0.25) is 0 Å². The first kappa shape index (κ1) is 19.7. The summed E-state index contributed by atoms with van der Waals surface area (Å²) in [7, 11) is 0. The molecule has 1 heterocycles. The Hall–Kier alpha value is -1.31. The van der Waals surface area contributed by atoms with Gasteiger partial charge in [0.25, 0.3) is 5.56 Å². The van der Waals surface area contributed by atoms with E-state index in [2.05, 4.69) is 15.9 Å². The monoisotopic (exact) mass is 397 g/mol. The van der Waals surface area contributed by atoms with Crippen molar-refractivity contribution in [1.82, 2.24) is 4.57 Å². The van der Waals surface area contributed by atoms with E-state index in [9.17, 15) is 22.8 Å². The molecule has 1 unspecified atom stereocenters. The lowest BCUT2D eigenvalue weighted by atomic mass is 10.0. The molecule has 8 heteroatoms. The maximum atomic E-state index is 12.8. The molecule has 0 bridgehead atoms. The van der Waals surface area contributed by atoms with Crippen LogP contribution in [0.25, 0.3) is 0 Å². The van der Waals surface area contributed by atoms with Crippen LogP contribution in [-0.4, -0.2) is 17.1 Å². The van der Waals surface area contributed by atoms with Crippen LogP contribution in [0.1, 0.15) is 45.2 Å². The molecule has 1 aromatic heterocycles. The van der Waals surface area contributed by atoms with Crippen molar-refractivity contribution in [1.29, 1.82) is 0 Å². The first-order valence-corrected chi connectivity index (χ1v) is 8.02. The summed E-state index contributed by atoms with van der Waals surface area (Å²) in [6.45, 7) is 5.66. The minimum absolute atomic E-state index is 0.133. The standard InChI is InChI=1S/C15H19BrF3NO3/c1-4-23-14(22)12(6-5-9(2)3)20-8-11(16)10(7-13(20)21)15(17,18)19/h7-9,12H,4-6H2,1-3H3. The quantitative estimate of drug-likeness (QED) is 0.676. The smallest absolute Gasteiger partial charge is 0.417 e. The average Bonchev–Trinajstić information content (AvgIpc) is 2.41. The zero-order valence-electron chi connectivity index (χ0n) is 13.1. The van der Waals surface area contributed by atoms with E-state index in [0.717, 1.165) is 10.8 Å². The van der Waals surface area contributed by atoms with E-state index < -0.39 is 29.3 Å². The molecule has 0 aliphatic carbocycles. The fraction of sp³-hybridized carbons (Fsp3) is 0.600. The third-order valence-corrected chi connectivity index (χ3v) is 3.88. The second kappa shape index (κ2) is 7.99. The lowest BCUT2D eigenvalue weighted by molar-refractivity contribution is -0.147. The Balaban J connectivity index is 3.28. The molecule has 0 amide bonds. The third-order valence-electron chi connectivity index (χ3n) is 3.25. The van der Waals surface area contributed by atoms with Gasteiger partial charge in [-0.25, -0.2) is 4.79 Å². The molecule has 0 aromatic carbocycles. The van der Waals surface area contributed by atoms with E-state index in [1.807, 2.05) is 13.8 Å². The zero-order chi connectivity index (χ0) is 17.8. The normalized spacial score (nSPS) is 13.2. The molecule has 0 saturated heterocycles. The number of hydrogen-bond donors (Lipinski definition) is 0. The van der Waals surface area contributed by atoms with Crippen molar-refractivity contribution < 1.29 is 22.7 Å². The molecule has 23 heavy (non-hydrogen) atoms. The van der Waals surface area contributed by atoms with Crippen LogP contribution in [0.15, 0.2) is 21.5 Å². The predicted molar refractivity (Wildman–Crippen MR) is 83.1 cm³/mol. The largest absolute Gasteiger partial charge is 0.464 e. The van der Waals surface area contributed by atoms with Gasteiger partial charge in [0, 0.05) is 16.7 Å². The first-order chi connectivity index (χ1) is 10.6. The highest BCUT2D eigenvalue weighted by Crippen LogP contribution is 2.34. The second-order valence-electron chi connectivity index (χ2n) is 5.52. The van der Waals surface area contributed by atoms with Crippen LogP contribution >= 0.6 is 15.9 Å². The highest BCUT2D eigenvalue weighted by Gasteiger charge is 2.35. The van der Waals surface area contributed by atoms with E-state index in [0.29, 0.717) is 18.9 Å². The van der Waals surface area contributed by atoms with Gasteiger partial charge < -0.3 is 9.30 Å². The van der Waals surface area contributed by atoms with Crippen LogP contribution < -0.4 is 5.56 Å². The molecule has 0 aliphatic heterocycles. The molecule has 0 saturated carbocycles. The topological polar surface area (TPSA) is 48.3 Å². The highest BCUT2D eigenvalue weighted by molar-refractivity contribution is 9.10. The summed E-state index contributed by atoms with van der Waals surface area (Å²) in [6.07, 6.45) is -2.69. The summed E-state index contributed by atoms with van der Waals surface area (Å²) >= 11 is 2.82. The molecule has 130 valence electrons. The minimum Gasteiger partial charge on any atom is -0.464 e. The van der Waals surface area contributed by atoms with Gasteiger partial charge >= 0.3 is 12.1 Å². The molecule has 4 nitrogen and oxygen atoms in total. The summed E-state index contributed by atoms with van der Waals surface area (Å²) in [6, 6.07) is -0.450. The maximum absolute atomic E-state index is 12.8. The van der Waals surface area contributed by atoms with Crippen LogP contribution in [-0.2, 0) is 15.7 Å². The molecule has 0 spiro atoms. The van der Waals surface area contributed by atoms with Crippen molar-refractivity contribution in [2.45, 2.75) is 45.8 Å². The van der Waals surface area contributed by atoms with Crippen molar-refractivity contribution in [3.8, 4) is 0 Å². The van der Waals surface area contributed by atoms with E-state index in [-0.39, 0.29) is 17.0 Å². The van der Waals surface area contributed by atoms with Gasteiger partial charge in [-0.2, -0.15) is 13.2 Å². The number of nitrogens with zero attached hydrogens (tertiary/aromatic N) is 1. The number of carbonyl (C=O) groups excluding carboxylic acids is 1. The first-order valence-electron chi connectivity index (χ1n) is 7.23. The summed E-state index contributed by atoms with van der Waals surface area (Å²) in [5.41, 5.74) is -1.95. The highest BCUT2D eigenvalue weighted by atomic mass is 79.9. The lowest BCUT2D eigenvalue weighted by Gasteiger charge is -2.20.